The Morgan fingerprint density at radius 1 is 1.00 bits per heavy atom. The van der Waals surface area contributed by atoms with E-state index in [2.05, 4.69) is 59.1 Å². The molecule has 3 heterocycles. The van der Waals surface area contributed by atoms with Gasteiger partial charge in [-0.25, -0.2) is 4.98 Å². The Hall–Kier alpha value is -2.96. The third-order valence-electron chi connectivity index (χ3n) is 7.63. The molecule has 1 amide bonds. The van der Waals surface area contributed by atoms with Gasteiger partial charge in [-0.15, -0.1) is 0 Å². The number of piperazine rings is 1. The van der Waals surface area contributed by atoms with E-state index in [1.54, 1.807) is 12.3 Å². The van der Waals surface area contributed by atoms with Crippen molar-refractivity contribution in [3.05, 3.63) is 92.5 Å². The number of rotatable bonds is 7. The van der Waals surface area contributed by atoms with Crippen LogP contribution < -0.4 is 10.2 Å². The number of nitriles is 1. The minimum atomic E-state index is -0.186. The quantitative estimate of drug-likeness (QED) is 0.404. The summed E-state index contributed by atoms with van der Waals surface area (Å²) in [6.07, 6.45) is 3.95. The van der Waals surface area contributed by atoms with Crippen LogP contribution >= 0.6 is 27.5 Å². The van der Waals surface area contributed by atoms with Gasteiger partial charge in [-0.2, -0.15) is 5.26 Å². The summed E-state index contributed by atoms with van der Waals surface area (Å²) in [7, 11) is 0. The van der Waals surface area contributed by atoms with Crippen LogP contribution in [0, 0.1) is 11.3 Å². The standard InChI is InChI=1S/C30H32BrClN6O/c31-26-7-5-23(6-8-26)19-35-30(39)25-17-28(32)29(34-20-25)38-15-13-37(14-16-38)27-9-11-36(12-10-27)21-24-3-1-22(18-33)2-4-24/h1-8,17,20,27H,9-16,19,21H2,(H,35,39). The maximum absolute atomic E-state index is 12.6. The first-order chi connectivity index (χ1) is 19.0. The van der Waals surface area contributed by atoms with Crippen molar-refractivity contribution >= 4 is 39.3 Å². The molecule has 1 aromatic heterocycles. The lowest BCUT2D eigenvalue weighted by Gasteiger charge is -2.43. The van der Waals surface area contributed by atoms with Crippen molar-refractivity contribution in [1.82, 2.24) is 20.1 Å². The molecule has 0 radical (unpaired) electrons. The van der Waals surface area contributed by atoms with E-state index in [0.29, 0.717) is 28.7 Å². The average Bonchev–Trinajstić information content (AvgIpc) is 2.97. The van der Waals surface area contributed by atoms with Gasteiger partial charge in [0, 0.05) is 56.0 Å². The van der Waals surface area contributed by atoms with Gasteiger partial charge in [0.1, 0.15) is 5.82 Å². The summed E-state index contributed by atoms with van der Waals surface area (Å²) in [6.45, 7) is 7.26. The van der Waals surface area contributed by atoms with Gasteiger partial charge in [0.15, 0.2) is 0 Å². The topological polar surface area (TPSA) is 75.5 Å². The highest BCUT2D eigenvalue weighted by Gasteiger charge is 2.28. The fraction of sp³-hybridized carbons (Fsp3) is 0.367. The van der Waals surface area contributed by atoms with Gasteiger partial charge in [0.05, 0.1) is 22.2 Å². The number of hydrogen-bond donors (Lipinski definition) is 1. The summed E-state index contributed by atoms with van der Waals surface area (Å²) in [5.74, 6) is 0.562. The van der Waals surface area contributed by atoms with Crippen LogP contribution in [0.1, 0.15) is 39.9 Å². The fourth-order valence-corrected chi connectivity index (χ4v) is 5.91. The molecule has 0 bridgehead atoms. The van der Waals surface area contributed by atoms with Gasteiger partial charge < -0.3 is 10.2 Å². The third-order valence-corrected chi connectivity index (χ3v) is 8.43. The smallest absolute Gasteiger partial charge is 0.253 e. The maximum atomic E-state index is 12.6. The third kappa shape index (κ3) is 7.17. The average molecular weight is 608 g/mol. The molecule has 7 nitrogen and oxygen atoms in total. The van der Waals surface area contributed by atoms with Gasteiger partial charge in [-0.1, -0.05) is 51.8 Å². The molecule has 5 rings (SSSR count). The van der Waals surface area contributed by atoms with Crippen molar-refractivity contribution < 1.29 is 4.79 Å². The number of carbonyl (C=O) groups is 1. The normalized spacial score (nSPS) is 17.1. The molecule has 0 aliphatic carbocycles. The van der Waals surface area contributed by atoms with Crippen molar-refractivity contribution in [1.29, 1.82) is 5.26 Å². The highest BCUT2D eigenvalue weighted by atomic mass is 79.9. The predicted molar refractivity (Wildman–Crippen MR) is 158 cm³/mol. The summed E-state index contributed by atoms with van der Waals surface area (Å²) in [5, 5.41) is 12.4. The van der Waals surface area contributed by atoms with Crippen LogP contribution in [-0.4, -0.2) is 66.0 Å². The van der Waals surface area contributed by atoms with E-state index in [4.69, 9.17) is 16.9 Å². The lowest BCUT2D eigenvalue weighted by atomic mass is 10.0. The molecule has 0 atom stereocenters. The minimum Gasteiger partial charge on any atom is -0.353 e. The number of carbonyl (C=O) groups excluding carboxylic acids is 1. The van der Waals surface area contributed by atoms with E-state index >= 15 is 0 Å². The van der Waals surface area contributed by atoms with Crippen LogP contribution in [0.5, 0.6) is 0 Å². The molecule has 9 heteroatoms. The molecular weight excluding hydrogens is 576 g/mol. The van der Waals surface area contributed by atoms with Crippen LogP contribution in [0.4, 0.5) is 5.82 Å². The van der Waals surface area contributed by atoms with Crippen molar-refractivity contribution in [3.8, 4) is 6.07 Å². The van der Waals surface area contributed by atoms with Gasteiger partial charge in [-0.05, 0) is 67.4 Å². The molecule has 1 N–H and O–H groups in total. The number of nitrogens with zero attached hydrogens (tertiary/aromatic N) is 5. The van der Waals surface area contributed by atoms with Gasteiger partial charge in [0.2, 0.25) is 0 Å². The molecule has 39 heavy (non-hydrogen) atoms. The zero-order valence-electron chi connectivity index (χ0n) is 21.8. The summed E-state index contributed by atoms with van der Waals surface area (Å²) < 4.78 is 1.01. The molecule has 0 saturated carbocycles. The van der Waals surface area contributed by atoms with Crippen molar-refractivity contribution in [2.45, 2.75) is 32.0 Å². The van der Waals surface area contributed by atoms with Crippen molar-refractivity contribution in [3.63, 3.8) is 0 Å². The zero-order valence-corrected chi connectivity index (χ0v) is 24.2. The number of amides is 1. The largest absolute Gasteiger partial charge is 0.353 e. The minimum absolute atomic E-state index is 0.186. The van der Waals surface area contributed by atoms with Gasteiger partial charge >= 0.3 is 0 Å². The lowest BCUT2D eigenvalue weighted by molar-refractivity contribution is 0.0950. The lowest BCUT2D eigenvalue weighted by Crippen LogP contribution is -2.53. The number of halogens is 2. The number of aromatic nitrogens is 1. The van der Waals surface area contributed by atoms with Crippen LogP contribution in [0.2, 0.25) is 5.02 Å². The second-order valence-electron chi connectivity index (χ2n) is 10.2. The summed E-state index contributed by atoms with van der Waals surface area (Å²) in [4.78, 5) is 24.5. The van der Waals surface area contributed by atoms with E-state index in [9.17, 15) is 4.79 Å². The summed E-state index contributed by atoms with van der Waals surface area (Å²) in [5.41, 5.74) is 3.46. The highest BCUT2D eigenvalue weighted by molar-refractivity contribution is 9.10. The second-order valence-corrected chi connectivity index (χ2v) is 11.5. The van der Waals surface area contributed by atoms with E-state index in [1.165, 1.54) is 18.4 Å². The summed E-state index contributed by atoms with van der Waals surface area (Å²) >= 11 is 10.0. The first kappa shape index (κ1) is 27.6. The predicted octanol–water partition coefficient (Wildman–Crippen LogP) is 5.09. The van der Waals surface area contributed by atoms with Crippen molar-refractivity contribution in [2.24, 2.45) is 0 Å². The Bertz CT molecular complexity index is 1310. The Labute approximate surface area is 243 Å². The Morgan fingerprint density at radius 2 is 1.67 bits per heavy atom. The highest BCUT2D eigenvalue weighted by Crippen LogP contribution is 2.27. The molecule has 3 aromatic rings. The molecule has 2 fully saturated rings. The van der Waals surface area contributed by atoms with E-state index < -0.39 is 0 Å². The van der Waals surface area contributed by atoms with E-state index in [1.807, 2.05) is 36.4 Å². The zero-order chi connectivity index (χ0) is 27.2. The number of benzene rings is 2. The van der Waals surface area contributed by atoms with Crippen LogP contribution in [0.15, 0.2) is 65.3 Å². The van der Waals surface area contributed by atoms with E-state index in [-0.39, 0.29) is 5.91 Å². The molecule has 2 aliphatic heterocycles. The molecule has 2 aliphatic rings. The Kier molecular flexibility index (Phi) is 9.15. The first-order valence-corrected chi connectivity index (χ1v) is 14.5. The van der Waals surface area contributed by atoms with Gasteiger partial charge in [0.25, 0.3) is 5.91 Å². The van der Waals surface area contributed by atoms with Crippen LogP contribution in [0.3, 0.4) is 0 Å². The first-order valence-electron chi connectivity index (χ1n) is 13.4. The van der Waals surface area contributed by atoms with Crippen molar-refractivity contribution in [2.75, 3.05) is 44.2 Å². The maximum Gasteiger partial charge on any atom is 0.253 e. The molecule has 0 unspecified atom stereocenters. The summed E-state index contributed by atoms with van der Waals surface area (Å²) in [6, 6.07) is 20.3. The van der Waals surface area contributed by atoms with Crippen LogP contribution in [-0.2, 0) is 13.1 Å². The fourth-order valence-electron chi connectivity index (χ4n) is 5.36. The Morgan fingerprint density at radius 3 is 2.31 bits per heavy atom. The number of anilines is 1. The SMILES string of the molecule is N#Cc1ccc(CN2CCC(N3CCN(c4ncc(C(=O)NCc5ccc(Br)cc5)cc4Cl)CC3)CC2)cc1. The number of pyridine rings is 1. The number of nitrogens with one attached hydrogen (secondary N) is 1. The number of likely N-dealkylation sites (tertiary alicyclic amines) is 1. The second kappa shape index (κ2) is 12.9. The molecule has 2 saturated heterocycles. The molecule has 2 aromatic carbocycles. The number of piperidine rings is 1. The molecule has 0 spiro atoms. The number of hydrogen-bond acceptors (Lipinski definition) is 6. The Balaban J connectivity index is 1.08. The monoisotopic (exact) mass is 606 g/mol. The van der Waals surface area contributed by atoms with Crippen LogP contribution in [0.25, 0.3) is 0 Å². The van der Waals surface area contributed by atoms with Gasteiger partial charge in [-0.3, -0.25) is 14.6 Å². The molecular formula is C30H32BrClN6O. The molecule has 202 valence electrons. The van der Waals surface area contributed by atoms with E-state index in [0.717, 1.165) is 61.7 Å².